The highest BCUT2D eigenvalue weighted by atomic mass is 32.1. The zero-order valence-electron chi connectivity index (χ0n) is 8.97. The van der Waals surface area contributed by atoms with E-state index >= 15 is 0 Å². The molecule has 0 bridgehead atoms. The first-order valence-electron chi connectivity index (χ1n) is 4.97. The highest BCUT2D eigenvalue weighted by Gasteiger charge is 2.11. The van der Waals surface area contributed by atoms with Gasteiger partial charge in [-0.3, -0.25) is 4.68 Å². The lowest BCUT2D eigenvalue weighted by Crippen LogP contribution is -2.18. The van der Waals surface area contributed by atoms with Gasteiger partial charge in [0.25, 0.3) is 0 Å². The predicted octanol–water partition coefficient (Wildman–Crippen LogP) is 1.98. The Bertz CT molecular complexity index is 405. The van der Waals surface area contributed by atoms with Crippen LogP contribution in [0.5, 0.6) is 0 Å². The monoisotopic (exact) mass is 221 g/mol. The minimum absolute atomic E-state index is 0.367. The second kappa shape index (κ2) is 4.59. The van der Waals surface area contributed by atoms with Crippen LogP contribution in [0.2, 0.25) is 0 Å². The molecule has 1 atom stereocenters. The molecule has 15 heavy (non-hydrogen) atoms. The van der Waals surface area contributed by atoms with Crippen LogP contribution in [0.3, 0.4) is 0 Å². The zero-order valence-corrected chi connectivity index (χ0v) is 9.79. The van der Waals surface area contributed by atoms with Crippen molar-refractivity contribution in [2.24, 2.45) is 7.05 Å². The van der Waals surface area contributed by atoms with Gasteiger partial charge in [-0.15, -0.1) is 0 Å². The third-order valence-corrected chi connectivity index (χ3v) is 3.18. The largest absolute Gasteiger partial charge is 0.313 e. The normalized spacial score (nSPS) is 12.9. The minimum atomic E-state index is 0.367. The third kappa shape index (κ3) is 2.46. The summed E-state index contributed by atoms with van der Waals surface area (Å²) in [5, 5.41) is 12.0. The van der Waals surface area contributed by atoms with Gasteiger partial charge in [-0.05, 0) is 35.5 Å². The SMILES string of the molecule is CNC(Cc1ccn(C)n1)c1ccsc1. The van der Waals surface area contributed by atoms with E-state index in [0.29, 0.717) is 6.04 Å². The van der Waals surface area contributed by atoms with Crippen LogP contribution in [0, 0.1) is 0 Å². The maximum atomic E-state index is 4.39. The summed E-state index contributed by atoms with van der Waals surface area (Å²) in [6.07, 6.45) is 2.92. The molecule has 0 fully saturated rings. The summed E-state index contributed by atoms with van der Waals surface area (Å²) >= 11 is 1.73. The van der Waals surface area contributed by atoms with Gasteiger partial charge in [-0.2, -0.15) is 16.4 Å². The second-order valence-electron chi connectivity index (χ2n) is 3.58. The molecule has 3 nitrogen and oxygen atoms in total. The van der Waals surface area contributed by atoms with Crippen molar-refractivity contribution < 1.29 is 0 Å². The van der Waals surface area contributed by atoms with Crippen molar-refractivity contribution in [1.82, 2.24) is 15.1 Å². The molecule has 0 aliphatic carbocycles. The maximum Gasteiger partial charge on any atom is 0.0643 e. The zero-order chi connectivity index (χ0) is 10.7. The molecule has 0 aliphatic rings. The number of nitrogens with one attached hydrogen (secondary N) is 1. The van der Waals surface area contributed by atoms with Crippen LogP contribution in [0.4, 0.5) is 0 Å². The van der Waals surface area contributed by atoms with E-state index in [1.165, 1.54) is 5.56 Å². The number of hydrogen-bond donors (Lipinski definition) is 1. The quantitative estimate of drug-likeness (QED) is 0.855. The first-order chi connectivity index (χ1) is 7.29. The fourth-order valence-electron chi connectivity index (χ4n) is 1.64. The van der Waals surface area contributed by atoms with Crippen LogP contribution >= 0.6 is 11.3 Å². The van der Waals surface area contributed by atoms with Crippen molar-refractivity contribution in [2.75, 3.05) is 7.05 Å². The molecule has 80 valence electrons. The highest BCUT2D eigenvalue weighted by Crippen LogP contribution is 2.19. The van der Waals surface area contributed by atoms with E-state index in [9.17, 15) is 0 Å². The van der Waals surface area contributed by atoms with E-state index in [0.717, 1.165) is 12.1 Å². The van der Waals surface area contributed by atoms with Crippen LogP contribution < -0.4 is 5.32 Å². The van der Waals surface area contributed by atoms with Crippen LogP contribution in [0.25, 0.3) is 0 Å². The molecule has 0 aromatic carbocycles. The number of hydrogen-bond acceptors (Lipinski definition) is 3. The molecule has 0 amide bonds. The van der Waals surface area contributed by atoms with Crippen molar-refractivity contribution in [1.29, 1.82) is 0 Å². The molecule has 0 saturated heterocycles. The van der Waals surface area contributed by atoms with Gasteiger partial charge in [-0.1, -0.05) is 0 Å². The minimum Gasteiger partial charge on any atom is -0.313 e. The Morgan fingerprint density at radius 2 is 2.40 bits per heavy atom. The summed E-state index contributed by atoms with van der Waals surface area (Å²) in [5.74, 6) is 0. The summed E-state index contributed by atoms with van der Waals surface area (Å²) in [4.78, 5) is 0. The predicted molar refractivity (Wildman–Crippen MR) is 63.0 cm³/mol. The van der Waals surface area contributed by atoms with Crippen LogP contribution in [-0.2, 0) is 13.5 Å². The Hall–Kier alpha value is -1.13. The van der Waals surface area contributed by atoms with Gasteiger partial charge in [0.05, 0.1) is 5.69 Å². The number of likely N-dealkylation sites (N-methyl/N-ethyl adjacent to an activating group) is 1. The third-order valence-electron chi connectivity index (χ3n) is 2.48. The molecule has 0 saturated carbocycles. The van der Waals surface area contributed by atoms with Gasteiger partial charge in [0, 0.05) is 25.7 Å². The second-order valence-corrected chi connectivity index (χ2v) is 4.36. The number of nitrogens with zero attached hydrogens (tertiary/aromatic N) is 2. The molecule has 2 heterocycles. The maximum absolute atomic E-state index is 4.39. The Morgan fingerprint density at radius 1 is 1.53 bits per heavy atom. The molecular weight excluding hydrogens is 206 g/mol. The lowest BCUT2D eigenvalue weighted by molar-refractivity contribution is 0.579. The summed E-state index contributed by atoms with van der Waals surface area (Å²) < 4.78 is 1.84. The molecule has 0 aliphatic heterocycles. The fourth-order valence-corrected chi connectivity index (χ4v) is 2.36. The summed E-state index contributed by atoms with van der Waals surface area (Å²) in [5.41, 5.74) is 2.47. The first kappa shape index (κ1) is 10.4. The molecule has 1 N–H and O–H groups in total. The highest BCUT2D eigenvalue weighted by molar-refractivity contribution is 7.07. The van der Waals surface area contributed by atoms with E-state index < -0.39 is 0 Å². The Kier molecular flexibility index (Phi) is 3.18. The van der Waals surface area contributed by atoms with Gasteiger partial charge in [0.1, 0.15) is 0 Å². The van der Waals surface area contributed by atoms with Crippen LogP contribution in [-0.4, -0.2) is 16.8 Å². The van der Waals surface area contributed by atoms with Crippen LogP contribution in [0.1, 0.15) is 17.3 Å². The number of rotatable bonds is 4. The van der Waals surface area contributed by atoms with Crippen molar-refractivity contribution in [2.45, 2.75) is 12.5 Å². The van der Waals surface area contributed by atoms with E-state index in [2.05, 4.69) is 33.3 Å². The van der Waals surface area contributed by atoms with Crippen LogP contribution in [0.15, 0.2) is 29.1 Å². The average molecular weight is 221 g/mol. The Balaban J connectivity index is 2.09. The first-order valence-corrected chi connectivity index (χ1v) is 5.92. The topological polar surface area (TPSA) is 29.9 Å². The summed E-state index contributed by atoms with van der Waals surface area (Å²) in [7, 11) is 3.94. The molecule has 0 radical (unpaired) electrons. The molecule has 4 heteroatoms. The van der Waals surface area contributed by atoms with E-state index in [1.807, 2.05) is 25.0 Å². The molecule has 1 unspecified atom stereocenters. The fraction of sp³-hybridized carbons (Fsp3) is 0.364. The molecule has 2 aromatic rings. The van der Waals surface area contributed by atoms with Gasteiger partial charge < -0.3 is 5.32 Å². The Morgan fingerprint density at radius 3 is 2.93 bits per heavy atom. The van der Waals surface area contributed by atoms with Crippen molar-refractivity contribution in [3.8, 4) is 0 Å². The van der Waals surface area contributed by atoms with Crippen molar-refractivity contribution in [3.05, 3.63) is 40.3 Å². The number of aryl methyl sites for hydroxylation is 1. The average Bonchev–Trinajstić information content (AvgIpc) is 2.85. The smallest absolute Gasteiger partial charge is 0.0643 e. The van der Waals surface area contributed by atoms with Gasteiger partial charge in [-0.25, -0.2) is 0 Å². The molecular formula is C11H15N3S. The van der Waals surface area contributed by atoms with E-state index in [4.69, 9.17) is 0 Å². The molecule has 2 aromatic heterocycles. The van der Waals surface area contributed by atoms with E-state index in [1.54, 1.807) is 11.3 Å². The van der Waals surface area contributed by atoms with Gasteiger partial charge >= 0.3 is 0 Å². The molecule has 0 spiro atoms. The number of aromatic nitrogens is 2. The lowest BCUT2D eigenvalue weighted by atomic mass is 10.1. The summed E-state index contributed by atoms with van der Waals surface area (Å²) in [6, 6.07) is 4.59. The lowest BCUT2D eigenvalue weighted by Gasteiger charge is -2.12. The standard InChI is InChI=1S/C11H15N3S/c1-12-11(9-4-6-15-8-9)7-10-3-5-14(2)13-10/h3-6,8,11-12H,7H2,1-2H3. The molecule has 2 rings (SSSR count). The Labute approximate surface area is 93.7 Å². The summed E-state index contributed by atoms with van der Waals surface area (Å²) in [6.45, 7) is 0. The van der Waals surface area contributed by atoms with Crippen molar-refractivity contribution in [3.63, 3.8) is 0 Å². The van der Waals surface area contributed by atoms with E-state index in [-0.39, 0.29) is 0 Å². The van der Waals surface area contributed by atoms with Gasteiger partial charge in [0.2, 0.25) is 0 Å². The van der Waals surface area contributed by atoms with Gasteiger partial charge in [0.15, 0.2) is 0 Å². The number of thiophene rings is 1. The van der Waals surface area contributed by atoms with Crippen molar-refractivity contribution >= 4 is 11.3 Å².